The van der Waals surface area contributed by atoms with Crippen molar-refractivity contribution in [2.24, 2.45) is 0 Å². The molecule has 3 aliphatic heterocycles. The Balaban J connectivity index is 0.000000883. The molecule has 67 heavy (non-hydrogen) atoms. The number of alkyl halides is 3. The topological polar surface area (TPSA) is 215 Å². The molecule has 6 N–H and O–H groups in total. The van der Waals surface area contributed by atoms with Crippen LogP contribution >= 0.6 is 11.6 Å². The molecule has 2 amide bonds. The zero-order valence-electron chi connectivity index (χ0n) is 36.8. The summed E-state index contributed by atoms with van der Waals surface area (Å²) in [5.41, 5.74) is 5.23. The number of anilines is 2. The fourth-order valence-electron chi connectivity index (χ4n) is 9.16. The number of fused-ring (bicyclic) bond motifs is 6. The number of piperidine rings is 1. The van der Waals surface area contributed by atoms with Crippen LogP contribution in [0.25, 0.3) is 22.0 Å². The highest BCUT2D eigenvalue weighted by atomic mass is 35.5. The number of ether oxygens (including phenoxy) is 3. The van der Waals surface area contributed by atoms with E-state index in [-0.39, 0.29) is 54.0 Å². The number of benzene rings is 4. The van der Waals surface area contributed by atoms with Crippen molar-refractivity contribution in [3.63, 3.8) is 0 Å². The lowest BCUT2D eigenvalue weighted by Gasteiger charge is -2.45. The number of quaternary nitrogens is 1. The molecule has 2 bridgehead atoms. The highest BCUT2D eigenvalue weighted by molar-refractivity contribution is 6.33. The molecule has 0 aliphatic carbocycles. The largest absolute Gasteiger partial charge is 0.542 e. The lowest BCUT2D eigenvalue weighted by Crippen LogP contribution is -2.60. The number of amides is 2. The molecule has 8 rings (SSSR count). The van der Waals surface area contributed by atoms with Gasteiger partial charge in [-0.3, -0.25) is 14.9 Å². The number of aromatic nitrogens is 1. The number of H-pyrrole nitrogens is 1. The minimum absolute atomic E-state index is 0.0799. The quantitative estimate of drug-likeness (QED) is 0.0387. The Kier molecular flexibility index (Phi) is 14.8. The van der Waals surface area contributed by atoms with Gasteiger partial charge in [-0.15, -0.1) is 0 Å². The zero-order valence-corrected chi connectivity index (χ0v) is 37.6. The first-order valence-electron chi connectivity index (χ1n) is 21.7. The molecule has 19 heteroatoms. The van der Waals surface area contributed by atoms with Gasteiger partial charge < -0.3 is 54.4 Å². The number of pyridine rings is 1. The number of methoxy groups -OCH3 is 1. The van der Waals surface area contributed by atoms with E-state index in [1.54, 1.807) is 24.3 Å². The Labute approximate surface area is 388 Å². The van der Waals surface area contributed by atoms with Gasteiger partial charge in [-0.2, -0.15) is 13.2 Å². The van der Waals surface area contributed by atoms with E-state index in [1.807, 2.05) is 42.5 Å². The van der Waals surface area contributed by atoms with Crippen LogP contribution in [-0.4, -0.2) is 102 Å². The van der Waals surface area contributed by atoms with Crippen LogP contribution in [0.1, 0.15) is 54.9 Å². The van der Waals surface area contributed by atoms with Crippen molar-refractivity contribution in [3.8, 4) is 22.6 Å². The maximum absolute atomic E-state index is 13.3. The lowest BCUT2D eigenvalue weighted by molar-refractivity contribution is -0.938. The summed E-state index contributed by atoms with van der Waals surface area (Å²) >= 11 is 6.63. The molecular weight excluding hydrogens is 899 g/mol. The van der Waals surface area contributed by atoms with Crippen LogP contribution in [-0.2, 0) is 32.0 Å². The van der Waals surface area contributed by atoms with Crippen molar-refractivity contribution in [1.29, 1.82) is 0 Å². The number of morpholine rings is 1. The van der Waals surface area contributed by atoms with Gasteiger partial charge in [0.05, 0.1) is 49.2 Å². The van der Waals surface area contributed by atoms with Gasteiger partial charge >= 0.3 is 12.3 Å². The smallest absolute Gasteiger partial charge is 0.430 e. The monoisotopic (exact) mass is 949 g/mol. The van der Waals surface area contributed by atoms with E-state index in [9.17, 15) is 37.8 Å². The molecule has 0 radical (unpaired) electrons. The van der Waals surface area contributed by atoms with Gasteiger partial charge in [0.25, 0.3) is 0 Å². The third kappa shape index (κ3) is 11.5. The Morgan fingerprint density at radius 2 is 1.66 bits per heavy atom. The number of aliphatic hydroxyl groups is 1. The Bertz CT molecular complexity index is 2660. The predicted molar refractivity (Wildman–Crippen MR) is 241 cm³/mol. The minimum Gasteiger partial charge on any atom is -0.542 e. The van der Waals surface area contributed by atoms with Gasteiger partial charge in [0.1, 0.15) is 47.9 Å². The molecule has 4 heterocycles. The number of hydrogen-bond donors (Lipinski definition) is 6. The summed E-state index contributed by atoms with van der Waals surface area (Å²) < 4.78 is 50.0. The average molecular weight is 950 g/mol. The zero-order chi connectivity index (χ0) is 48.2. The average Bonchev–Trinajstić information content (AvgIpc) is 4.05. The van der Waals surface area contributed by atoms with E-state index in [0.29, 0.717) is 64.6 Å². The van der Waals surface area contributed by atoms with Crippen molar-refractivity contribution in [2.75, 3.05) is 38.4 Å². The summed E-state index contributed by atoms with van der Waals surface area (Å²) in [5.74, 6) is -2.75. The van der Waals surface area contributed by atoms with Crippen LogP contribution in [0.4, 0.5) is 29.3 Å². The standard InChI is InChI=1S/C46H50ClN5O8.C2HF3O2/c1-52(2)36-21-29(22-37(52)45-44(36)60-45)59-46(57)50-34-19-26(13-14-30(34)27-10-5-4-6-11-27)9-7-8-12-41(55)49-35-23-40(58-3)28(20-33(35)47)24-48-25-39(54)31-15-17-38(53)43-32(31)16-18-42(56)51-43;3-2(4,5)1(6)7/h4-6,10-11,13-20,23,29,36-37,39,44-45,48,54H,7-9,12,21-22,24-25H2,1-3H3,(H3-,49,50,51,53,55,56,57);(H,6,7)/t29-,36-,37+,39-,44-,45+;/m0./s1. The molecule has 5 aromatic rings. The number of hydrogen-bond acceptors (Lipinski definition) is 11. The van der Waals surface area contributed by atoms with Gasteiger partial charge in [-0.25, -0.2) is 4.79 Å². The van der Waals surface area contributed by atoms with Crippen molar-refractivity contribution in [3.05, 3.63) is 117 Å². The third-order valence-electron chi connectivity index (χ3n) is 12.6. The molecule has 3 saturated heterocycles. The minimum atomic E-state index is -5.19. The predicted octanol–water partition coefficient (Wildman–Crippen LogP) is 6.34. The Hall–Kier alpha value is -6.18. The number of carboxylic acid groups (broad SMARTS) is 1. The first kappa shape index (κ1) is 48.7. The van der Waals surface area contributed by atoms with Gasteiger partial charge in [0, 0.05) is 61.0 Å². The van der Waals surface area contributed by atoms with E-state index < -0.39 is 24.3 Å². The van der Waals surface area contributed by atoms with Gasteiger partial charge in [0.2, 0.25) is 11.5 Å². The highest BCUT2D eigenvalue weighted by Crippen LogP contribution is 2.51. The first-order valence-corrected chi connectivity index (χ1v) is 22.0. The number of aliphatic carboxylic acids is 1. The molecule has 4 aromatic carbocycles. The number of epoxide rings is 1. The maximum Gasteiger partial charge on any atom is 0.430 e. The number of rotatable bonds is 15. The van der Waals surface area contributed by atoms with Gasteiger partial charge in [-0.1, -0.05) is 60.1 Å². The molecule has 0 unspecified atom stereocenters. The number of halogens is 4. The second-order valence-corrected chi connectivity index (χ2v) is 17.7. The van der Waals surface area contributed by atoms with E-state index >= 15 is 0 Å². The summed E-state index contributed by atoms with van der Waals surface area (Å²) in [6, 6.07) is 26.1. The van der Waals surface area contributed by atoms with Crippen molar-refractivity contribution in [2.45, 2.75) is 87.7 Å². The van der Waals surface area contributed by atoms with Crippen LogP contribution in [0.2, 0.25) is 5.02 Å². The second kappa shape index (κ2) is 20.4. The number of unbranched alkanes of at least 4 members (excludes halogenated alkanes) is 1. The van der Waals surface area contributed by atoms with Gasteiger partial charge in [-0.05, 0) is 60.2 Å². The fourth-order valence-corrected chi connectivity index (χ4v) is 9.39. The maximum atomic E-state index is 13.3. The number of aromatic hydroxyl groups is 1. The highest BCUT2D eigenvalue weighted by Gasteiger charge is 2.70. The lowest BCUT2D eigenvalue weighted by atomic mass is 9.96. The summed E-state index contributed by atoms with van der Waals surface area (Å²) in [4.78, 5) is 49.6. The molecule has 0 saturated carbocycles. The van der Waals surface area contributed by atoms with E-state index in [2.05, 4.69) is 41.1 Å². The molecule has 0 spiro atoms. The van der Waals surface area contributed by atoms with E-state index in [1.165, 1.54) is 19.2 Å². The second-order valence-electron chi connectivity index (χ2n) is 17.3. The number of aryl methyl sites for hydroxylation is 1. The fraction of sp³-hybridized carbons (Fsp3) is 0.375. The Morgan fingerprint density at radius 1 is 0.955 bits per heavy atom. The molecule has 356 valence electrons. The van der Waals surface area contributed by atoms with Crippen LogP contribution in [0.3, 0.4) is 0 Å². The van der Waals surface area contributed by atoms with Crippen molar-refractivity contribution < 1.29 is 61.6 Å². The SMILES string of the molecule is COc1cc(NC(=O)CCCCc2ccc(-c3ccccc3)c(NC(=O)O[C@@H]3C[C@@H]4[C@H]5O[C@H]5[C@H](C3)[N+]4(C)C)c2)c(Cl)cc1CNC[C@H](O)c1ccc(O)c2[nH]c(=O)ccc12.O=C([O-])C(F)(F)F. The van der Waals surface area contributed by atoms with Crippen LogP contribution in [0.15, 0.2) is 89.7 Å². The summed E-state index contributed by atoms with van der Waals surface area (Å²) in [6.45, 7) is 0.470. The van der Waals surface area contributed by atoms with Crippen molar-refractivity contribution in [1.82, 2.24) is 10.3 Å². The summed E-state index contributed by atoms with van der Waals surface area (Å²) in [7, 11) is 6.04. The number of phenols is 1. The number of phenolic OH excluding ortho intramolecular Hbond substituents is 1. The van der Waals surface area contributed by atoms with Crippen LogP contribution < -0.4 is 31.4 Å². The molecule has 3 aliphatic rings. The summed E-state index contributed by atoms with van der Waals surface area (Å²) in [6.07, 6.45) is -2.22. The molecular formula is C48H51ClF3N5O10. The number of aromatic amines is 1. The van der Waals surface area contributed by atoms with Crippen LogP contribution in [0, 0.1) is 0 Å². The number of nitrogens with one attached hydrogen (secondary N) is 4. The van der Waals surface area contributed by atoms with Gasteiger partial charge in [0.15, 0.2) is 0 Å². The van der Waals surface area contributed by atoms with E-state index in [0.717, 1.165) is 46.0 Å². The molecule has 3 fully saturated rings. The number of carbonyl (C=O) groups excluding carboxylic acids is 3. The number of carbonyl (C=O) groups is 3. The van der Waals surface area contributed by atoms with E-state index in [4.69, 9.17) is 35.7 Å². The Morgan fingerprint density at radius 3 is 2.33 bits per heavy atom. The normalized spacial score (nSPS) is 20.4. The van der Waals surface area contributed by atoms with Crippen molar-refractivity contribution >= 4 is 51.8 Å². The molecule has 15 nitrogen and oxygen atoms in total. The number of likely N-dealkylation sites (N-methyl/N-ethyl adjacent to an activating group) is 1. The molecule has 1 aromatic heterocycles. The van der Waals surface area contributed by atoms with Crippen LogP contribution in [0.5, 0.6) is 11.5 Å². The first-order chi connectivity index (χ1) is 31.8. The number of carboxylic acids is 1. The molecule has 6 atom stereocenters. The number of nitrogens with zero attached hydrogens (tertiary/aromatic N) is 1. The number of aliphatic hydroxyl groups excluding tert-OH is 1. The summed E-state index contributed by atoms with van der Waals surface area (Å²) in [5, 5.41) is 40.0. The third-order valence-corrected chi connectivity index (χ3v) is 12.9.